The zero-order valence-corrected chi connectivity index (χ0v) is 18.2. The number of esters is 1. The highest BCUT2D eigenvalue weighted by molar-refractivity contribution is 6.35. The van der Waals surface area contributed by atoms with Gasteiger partial charge in [-0.1, -0.05) is 29.3 Å². The molecule has 0 N–H and O–H groups in total. The Bertz CT molecular complexity index is 1110. The lowest BCUT2D eigenvalue weighted by atomic mass is 10.1. The lowest BCUT2D eigenvalue weighted by molar-refractivity contribution is -0.148. The van der Waals surface area contributed by atoms with E-state index >= 15 is 0 Å². The van der Waals surface area contributed by atoms with Crippen LogP contribution in [0.2, 0.25) is 10.0 Å². The lowest BCUT2D eigenvalue weighted by Crippen LogP contribution is -2.22. The van der Waals surface area contributed by atoms with E-state index in [2.05, 4.69) is 0 Å². The van der Waals surface area contributed by atoms with Gasteiger partial charge in [0.2, 0.25) is 0 Å². The highest BCUT2D eigenvalue weighted by Crippen LogP contribution is 2.29. The second-order valence-electron chi connectivity index (χ2n) is 7.93. The van der Waals surface area contributed by atoms with Gasteiger partial charge in [0.25, 0.3) is 0 Å². The second-order valence-corrected chi connectivity index (χ2v) is 8.78. The molecular formula is C23H22Cl2FNO2. The molecule has 0 bridgehead atoms. The number of halogens is 3. The van der Waals surface area contributed by atoms with Gasteiger partial charge >= 0.3 is 5.97 Å². The maximum Gasteiger partial charge on any atom is 0.331 e. The van der Waals surface area contributed by atoms with Gasteiger partial charge in [-0.2, -0.15) is 0 Å². The quantitative estimate of drug-likeness (QED) is 0.334. The van der Waals surface area contributed by atoms with Crippen molar-refractivity contribution in [2.75, 3.05) is 0 Å². The predicted octanol–water partition coefficient (Wildman–Crippen LogP) is 6.80. The average molecular weight is 434 g/mol. The van der Waals surface area contributed by atoms with Crippen LogP contribution in [0.3, 0.4) is 0 Å². The van der Waals surface area contributed by atoms with E-state index in [1.54, 1.807) is 39.0 Å². The molecule has 6 heteroatoms. The molecule has 0 amide bonds. The molecule has 3 nitrogen and oxygen atoms in total. The summed E-state index contributed by atoms with van der Waals surface area (Å²) < 4.78 is 21.5. The molecule has 0 spiro atoms. The molecule has 152 valence electrons. The third kappa shape index (κ3) is 5.20. The second kappa shape index (κ2) is 8.21. The van der Waals surface area contributed by atoms with Gasteiger partial charge in [0, 0.05) is 39.8 Å². The first-order valence-corrected chi connectivity index (χ1v) is 9.93. The van der Waals surface area contributed by atoms with Crippen LogP contribution in [0.5, 0.6) is 0 Å². The first-order valence-electron chi connectivity index (χ1n) is 9.17. The number of aromatic nitrogens is 1. The summed E-state index contributed by atoms with van der Waals surface area (Å²) in [5.74, 6) is -0.850. The number of benzene rings is 2. The van der Waals surface area contributed by atoms with Crippen LogP contribution in [0, 0.1) is 12.7 Å². The highest BCUT2D eigenvalue weighted by atomic mass is 35.5. The number of aryl methyl sites for hydroxylation is 1. The number of fused-ring (bicyclic) bond motifs is 1. The topological polar surface area (TPSA) is 31.2 Å². The van der Waals surface area contributed by atoms with Crippen molar-refractivity contribution in [3.8, 4) is 0 Å². The van der Waals surface area contributed by atoms with Crippen LogP contribution in [0.4, 0.5) is 4.39 Å². The third-order valence-corrected chi connectivity index (χ3v) is 4.91. The number of hydrogen-bond donors (Lipinski definition) is 0. The van der Waals surface area contributed by atoms with Crippen molar-refractivity contribution < 1.29 is 13.9 Å². The Hall–Kier alpha value is -2.30. The van der Waals surface area contributed by atoms with Crippen LogP contribution in [0.15, 0.2) is 42.6 Å². The van der Waals surface area contributed by atoms with Crippen molar-refractivity contribution in [2.45, 2.75) is 39.8 Å². The molecule has 1 heterocycles. The van der Waals surface area contributed by atoms with Crippen LogP contribution in [0.25, 0.3) is 17.0 Å². The Kier molecular flexibility index (Phi) is 6.06. The number of rotatable bonds is 4. The van der Waals surface area contributed by atoms with Gasteiger partial charge in [0.05, 0.1) is 5.52 Å². The van der Waals surface area contributed by atoms with Crippen LogP contribution < -0.4 is 0 Å². The van der Waals surface area contributed by atoms with Gasteiger partial charge in [-0.05, 0) is 69.2 Å². The molecule has 0 unspecified atom stereocenters. The fourth-order valence-electron chi connectivity index (χ4n) is 3.19. The monoisotopic (exact) mass is 433 g/mol. The van der Waals surface area contributed by atoms with Crippen molar-refractivity contribution in [3.05, 3.63) is 75.2 Å². The van der Waals surface area contributed by atoms with Gasteiger partial charge in [0.15, 0.2) is 0 Å². The summed E-state index contributed by atoms with van der Waals surface area (Å²) in [5.41, 5.74) is 2.62. The largest absolute Gasteiger partial charge is 0.457 e. The molecule has 0 aliphatic rings. The zero-order valence-electron chi connectivity index (χ0n) is 16.7. The normalized spacial score (nSPS) is 12.1. The van der Waals surface area contributed by atoms with Gasteiger partial charge in [-0.15, -0.1) is 0 Å². The number of ether oxygens (including phenoxy) is 1. The Labute approximate surface area is 179 Å². The number of carbonyl (C=O) groups excluding carboxylic acids is 1. The van der Waals surface area contributed by atoms with Gasteiger partial charge in [-0.25, -0.2) is 9.18 Å². The molecule has 0 fully saturated rings. The minimum absolute atomic E-state index is 0.369. The minimum Gasteiger partial charge on any atom is -0.457 e. The first kappa shape index (κ1) is 21.4. The van der Waals surface area contributed by atoms with E-state index in [9.17, 15) is 9.18 Å². The molecule has 0 saturated carbocycles. The van der Waals surface area contributed by atoms with Gasteiger partial charge < -0.3 is 9.30 Å². The predicted molar refractivity (Wildman–Crippen MR) is 117 cm³/mol. The Balaban J connectivity index is 2.05. The summed E-state index contributed by atoms with van der Waals surface area (Å²) >= 11 is 12.3. The molecular weight excluding hydrogens is 412 g/mol. The summed E-state index contributed by atoms with van der Waals surface area (Å²) in [7, 11) is 0. The van der Waals surface area contributed by atoms with E-state index in [0.717, 1.165) is 22.0 Å². The van der Waals surface area contributed by atoms with E-state index in [1.165, 1.54) is 18.2 Å². The highest BCUT2D eigenvalue weighted by Gasteiger charge is 2.16. The molecule has 2 aromatic carbocycles. The summed E-state index contributed by atoms with van der Waals surface area (Å²) in [4.78, 5) is 12.1. The Morgan fingerprint density at radius 3 is 2.59 bits per heavy atom. The SMILES string of the molecule is Cc1cn(Cc2ccc(Cl)cc2Cl)c2c(/C=C/C(=O)OC(C)(C)C)cc(F)cc12. The van der Waals surface area contributed by atoms with E-state index in [4.69, 9.17) is 27.9 Å². The van der Waals surface area contributed by atoms with Gasteiger partial charge in [-0.3, -0.25) is 0 Å². The van der Waals surface area contributed by atoms with Gasteiger partial charge in [0.1, 0.15) is 11.4 Å². The molecule has 1 aromatic heterocycles. The van der Waals surface area contributed by atoms with E-state index in [1.807, 2.05) is 23.8 Å². The van der Waals surface area contributed by atoms with Crippen molar-refractivity contribution in [3.63, 3.8) is 0 Å². The van der Waals surface area contributed by atoms with E-state index in [-0.39, 0.29) is 5.82 Å². The van der Waals surface area contributed by atoms with E-state index < -0.39 is 11.6 Å². The van der Waals surface area contributed by atoms with Crippen LogP contribution >= 0.6 is 23.2 Å². The molecule has 0 radical (unpaired) electrons. The molecule has 0 aliphatic carbocycles. The summed E-state index contributed by atoms with van der Waals surface area (Å²) in [5, 5.41) is 1.90. The number of nitrogens with zero attached hydrogens (tertiary/aromatic N) is 1. The Morgan fingerprint density at radius 2 is 1.93 bits per heavy atom. The fourth-order valence-corrected chi connectivity index (χ4v) is 3.66. The number of hydrogen-bond acceptors (Lipinski definition) is 2. The standard InChI is InChI=1S/C23H22Cl2FNO2/c1-14-12-27(13-16-5-7-17(24)10-20(16)25)22-15(9-18(26)11-19(14)22)6-8-21(28)29-23(2,3)4/h5-12H,13H2,1-4H3/b8-6+. The lowest BCUT2D eigenvalue weighted by Gasteiger charge is -2.18. The maximum absolute atomic E-state index is 14.2. The molecule has 3 rings (SSSR count). The van der Waals surface area contributed by atoms with Crippen LogP contribution in [0.1, 0.15) is 37.5 Å². The van der Waals surface area contributed by atoms with Crippen LogP contribution in [-0.2, 0) is 16.1 Å². The van der Waals surface area contributed by atoms with E-state index in [0.29, 0.717) is 22.2 Å². The fraction of sp³-hybridized carbons (Fsp3) is 0.261. The van der Waals surface area contributed by atoms with Crippen molar-refractivity contribution in [1.29, 1.82) is 0 Å². The average Bonchev–Trinajstić information content (AvgIpc) is 2.89. The van der Waals surface area contributed by atoms with Crippen molar-refractivity contribution >= 4 is 46.2 Å². The number of carbonyl (C=O) groups is 1. The molecule has 0 aliphatic heterocycles. The molecule has 29 heavy (non-hydrogen) atoms. The maximum atomic E-state index is 14.2. The molecule has 0 saturated heterocycles. The summed E-state index contributed by atoms with van der Waals surface area (Å²) in [6.07, 6.45) is 4.85. The molecule has 3 aromatic rings. The van der Waals surface area contributed by atoms with Crippen LogP contribution in [-0.4, -0.2) is 16.1 Å². The zero-order chi connectivity index (χ0) is 21.3. The summed E-state index contributed by atoms with van der Waals surface area (Å²) in [6.45, 7) is 7.79. The minimum atomic E-state index is -0.596. The summed E-state index contributed by atoms with van der Waals surface area (Å²) in [6, 6.07) is 8.24. The van der Waals surface area contributed by atoms with Crippen molar-refractivity contribution in [2.24, 2.45) is 0 Å². The molecule has 0 atom stereocenters. The Morgan fingerprint density at radius 1 is 1.21 bits per heavy atom. The van der Waals surface area contributed by atoms with Crippen molar-refractivity contribution in [1.82, 2.24) is 4.57 Å². The first-order chi connectivity index (χ1) is 13.5. The third-order valence-electron chi connectivity index (χ3n) is 4.33. The smallest absolute Gasteiger partial charge is 0.331 e.